The summed E-state index contributed by atoms with van der Waals surface area (Å²) in [5.74, 6) is -2.02. The molecule has 0 aliphatic carbocycles. The van der Waals surface area contributed by atoms with Crippen LogP contribution in [0.5, 0.6) is 0 Å². The third-order valence-corrected chi connectivity index (χ3v) is 7.90. The van der Waals surface area contributed by atoms with Crippen LogP contribution in [0, 0.1) is 11.7 Å². The molecule has 1 aromatic heterocycles. The van der Waals surface area contributed by atoms with Gasteiger partial charge in [-0.05, 0) is 30.9 Å². The zero-order valence-electron chi connectivity index (χ0n) is 21.2. The van der Waals surface area contributed by atoms with E-state index in [9.17, 15) is 30.8 Å². The van der Waals surface area contributed by atoms with Crippen molar-refractivity contribution in [2.45, 2.75) is 51.4 Å². The summed E-state index contributed by atoms with van der Waals surface area (Å²) in [6, 6.07) is 6.35. The predicted molar refractivity (Wildman–Crippen MR) is 130 cm³/mol. The fraction of sp³-hybridized carbons (Fsp3) is 0.542. The van der Waals surface area contributed by atoms with Gasteiger partial charge in [0.1, 0.15) is 11.6 Å². The fourth-order valence-electron chi connectivity index (χ4n) is 4.93. The highest BCUT2D eigenvalue weighted by molar-refractivity contribution is 7.88. The molecule has 2 aliphatic rings. The Labute approximate surface area is 218 Å². The molecule has 4 rings (SSSR count). The number of aliphatic carboxylic acids is 1. The van der Waals surface area contributed by atoms with E-state index in [1.807, 2.05) is 29.4 Å². The molecule has 0 atom stereocenters. The van der Waals surface area contributed by atoms with Crippen LogP contribution in [0.2, 0.25) is 0 Å². The average Bonchev–Trinajstić information content (AvgIpc) is 3.24. The summed E-state index contributed by atoms with van der Waals surface area (Å²) in [7, 11) is -3.48. The van der Waals surface area contributed by atoms with Crippen molar-refractivity contribution in [2.75, 3.05) is 25.9 Å². The fourth-order valence-corrected chi connectivity index (χ4v) is 6.24. The van der Waals surface area contributed by atoms with Gasteiger partial charge in [-0.15, -0.1) is 0 Å². The largest absolute Gasteiger partial charge is 0.490 e. The van der Waals surface area contributed by atoms with Crippen LogP contribution in [0.4, 0.5) is 17.6 Å². The summed E-state index contributed by atoms with van der Waals surface area (Å²) < 4.78 is 74.5. The number of carbonyl (C=O) groups is 2. The lowest BCUT2D eigenvalue weighted by molar-refractivity contribution is -0.192. The topological polar surface area (TPSA) is 113 Å². The minimum atomic E-state index is -5.08. The summed E-state index contributed by atoms with van der Waals surface area (Å²) in [6.45, 7) is 5.77. The third-order valence-electron chi connectivity index (χ3n) is 6.57. The normalized spacial score (nSPS) is 17.6. The first-order valence-electron chi connectivity index (χ1n) is 11.9. The van der Waals surface area contributed by atoms with E-state index in [1.165, 1.54) is 18.4 Å². The molecule has 1 fully saturated rings. The Morgan fingerprint density at radius 1 is 1.13 bits per heavy atom. The van der Waals surface area contributed by atoms with Crippen molar-refractivity contribution in [3.8, 4) is 11.3 Å². The molecule has 0 unspecified atom stereocenters. The van der Waals surface area contributed by atoms with Gasteiger partial charge in [0, 0.05) is 38.2 Å². The van der Waals surface area contributed by atoms with Crippen LogP contribution in [-0.4, -0.2) is 76.2 Å². The molecule has 1 aromatic carbocycles. The number of amides is 1. The predicted octanol–water partition coefficient (Wildman–Crippen LogP) is 3.46. The molecule has 38 heavy (non-hydrogen) atoms. The van der Waals surface area contributed by atoms with Gasteiger partial charge >= 0.3 is 12.1 Å². The summed E-state index contributed by atoms with van der Waals surface area (Å²) in [5.41, 5.74) is 0.693. The average molecular weight is 563 g/mol. The molecule has 0 bridgehead atoms. The lowest BCUT2D eigenvalue weighted by atomic mass is 9.84. The first kappa shape index (κ1) is 29.6. The Kier molecular flexibility index (Phi) is 8.56. The van der Waals surface area contributed by atoms with E-state index in [-0.39, 0.29) is 17.6 Å². The summed E-state index contributed by atoms with van der Waals surface area (Å²) in [4.78, 5) is 27.9. The maximum atomic E-state index is 13.8. The number of likely N-dealkylation sites (tertiary alicyclic amines) is 1. The van der Waals surface area contributed by atoms with E-state index in [2.05, 4.69) is 4.98 Å². The van der Waals surface area contributed by atoms with Crippen molar-refractivity contribution in [3.05, 3.63) is 42.1 Å². The maximum Gasteiger partial charge on any atom is 0.490 e. The number of carboxylic acids is 1. The number of fused-ring (bicyclic) bond motifs is 2. The van der Waals surface area contributed by atoms with Gasteiger partial charge < -0.3 is 14.6 Å². The second kappa shape index (κ2) is 11.0. The first-order valence-corrected chi connectivity index (χ1v) is 13.8. The lowest BCUT2D eigenvalue weighted by Gasteiger charge is -2.49. The van der Waals surface area contributed by atoms with Crippen molar-refractivity contribution in [1.29, 1.82) is 0 Å². The molecule has 3 heterocycles. The van der Waals surface area contributed by atoms with Gasteiger partial charge in [-0.1, -0.05) is 26.0 Å². The van der Waals surface area contributed by atoms with Crippen molar-refractivity contribution < 1.29 is 40.7 Å². The number of piperidine rings is 1. The van der Waals surface area contributed by atoms with Crippen molar-refractivity contribution in [2.24, 2.45) is 5.92 Å². The number of carboxylic acid groups (broad SMARTS) is 1. The molecule has 1 amide bonds. The minimum Gasteiger partial charge on any atom is -0.475 e. The zero-order chi connectivity index (χ0) is 28.5. The lowest BCUT2D eigenvalue weighted by Crippen LogP contribution is -2.59. The Balaban J connectivity index is 0.000000505. The van der Waals surface area contributed by atoms with E-state index in [4.69, 9.17) is 9.90 Å². The van der Waals surface area contributed by atoms with Gasteiger partial charge in [0.15, 0.2) is 0 Å². The van der Waals surface area contributed by atoms with Crippen LogP contribution in [-0.2, 0) is 31.7 Å². The van der Waals surface area contributed by atoms with E-state index in [0.29, 0.717) is 56.8 Å². The Morgan fingerprint density at radius 2 is 1.74 bits per heavy atom. The molecular formula is C24H30F4N4O5S. The second-order valence-electron chi connectivity index (χ2n) is 9.78. The summed E-state index contributed by atoms with van der Waals surface area (Å²) in [6.07, 6.45) is -0.681. The number of hydrogen-bond acceptors (Lipinski definition) is 5. The van der Waals surface area contributed by atoms with Gasteiger partial charge in [-0.3, -0.25) is 4.79 Å². The van der Waals surface area contributed by atoms with Gasteiger partial charge in [0.2, 0.25) is 15.9 Å². The number of alkyl halides is 3. The smallest absolute Gasteiger partial charge is 0.475 e. The molecule has 1 spiro atoms. The van der Waals surface area contributed by atoms with Crippen LogP contribution in [0.3, 0.4) is 0 Å². The van der Waals surface area contributed by atoms with Gasteiger partial charge in [-0.2, -0.15) is 17.5 Å². The Hall–Kier alpha value is -3.00. The molecule has 1 saturated heterocycles. The molecule has 0 radical (unpaired) electrons. The molecule has 0 saturated carbocycles. The number of nitrogens with zero attached hydrogens (tertiary/aromatic N) is 4. The molecule has 2 aliphatic heterocycles. The number of sulfonamides is 1. The standard InChI is InChI=1S/C22H29FN4O3S.C2HF3O2/c1-16(2)13-20(28)25-9-7-22(8-10-25)21-24-15-19(17-5-4-6-18(23)14-17)26(21)11-12-27(22)31(3,29)30;3-2(4,5)1(6)7/h4-6,14-16H,7-13H2,1-3H3;(H,6,7). The van der Waals surface area contributed by atoms with E-state index in [0.717, 1.165) is 5.69 Å². The van der Waals surface area contributed by atoms with E-state index in [1.54, 1.807) is 16.6 Å². The van der Waals surface area contributed by atoms with Crippen LogP contribution >= 0.6 is 0 Å². The van der Waals surface area contributed by atoms with Crippen molar-refractivity contribution in [1.82, 2.24) is 18.8 Å². The first-order chi connectivity index (χ1) is 17.6. The molecular weight excluding hydrogens is 532 g/mol. The van der Waals surface area contributed by atoms with Gasteiger partial charge in [-0.25, -0.2) is 22.6 Å². The summed E-state index contributed by atoms with van der Waals surface area (Å²) in [5, 5.41) is 7.12. The number of rotatable bonds is 4. The number of halogens is 4. The maximum absolute atomic E-state index is 13.8. The second-order valence-corrected chi connectivity index (χ2v) is 11.7. The van der Waals surface area contributed by atoms with Crippen molar-refractivity contribution >= 4 is 21.9 Å². The van der Waals surface area contributed by atoms with Crippen LogP contribution in [0.1, 0.15) is 38.9 Å². The minimum absolute atomic E-state index is 0.107. The molecule has 14 heteroatoms. The number of hydrogen-bond donors (Lipinski definition) is 1. The van der Waals surface area contributed by atoms with Crippen LogP contribution < -0.4 is 0 Å². The Morgan fingerprint density at radius 3 is 2.24 bits per heavy atom. The monoisotopic (exact) mass is 562 g/mol. The van der Waals surface area contributed by atoms with E-state index < -0.39 is 27.7 Å². The van der Waals surface area contributed by atoms with Gasteiger partial charge in [0.25, 0.3) is 0 Å². The number of benzene rings is 1. The SMILES string of the molecule is CC(C)CC(=O)N1CCC2(CC1)c1ncc(-c3cccc(F)c3)n1CCN2S(C)(=O)=O.O=C(O)C(F)(F)F. The van der Waals surface area contributed by atoms with Crippen molar-refractivity contribution in [3.63, 3.8) is 0 Å². The molecule has 210 valence electrons. The van der Waals surface area contributed by atoms with Crippen LogP contribution in [0.15, 0.2) is 30.5 Å². The number of carbonyl (C=O) groups excluding carboxylic acids is 1. The van der Waals surface area contributed by atoms with Gasteiger partial charge in [0.05, 0.1) is 23.7 Å². The number of aromatic nitrogens is 2. The molecule has 9 nitrogen and oxygen atoms in total. The quantitative estimate of drug-likeness (QED) is 0.572. The molecule has 2 aromatic rings. The molecule has 1 N–H and O–H groups in total. The number of imidazole rings is 1. The zero-order valence-corrected chi connectivity index (χ0v) is 22.0. The Bertz CT molecular complexity index is 1280. The highest BCUT2D eigenvalue weighted by Crippen LogP contribution is 2.43. The van der Waals surface area contributed by atoms with Crippen LogP contribution in [0.25, 0.3) is 11.3 Å². The summed E-state index contributed by atoms with van der Waals surface area (Å²) >= 11 is 0. The highest BCUT2D eigenvalue weighted by atomic mass is 32.2. The highest BCUT2D eigenvalue weighted by Gasteiger charge is 2.51. The third kappa shape index (κ3) is 6.34. The van der Waals surface area contributed by atoms with E-state index >= 15 is 0 Å².